The first-order chi connectivity index (χ1) is 19.0. The monoisotopic (exact) mass is 582 g/mol. The maximum Gasteiger partial charge on any atom is 0.301 e. The lowest BCUT2D eigenvalue weighted by atomic mass is 9.95. The fraction of sp³-hybridized carbons (Fsp3) is 0.333. The number of carbonyl (C=O) groups excluding carboxylic acids is 3. The van der Waals surface area contributed by atoms with Gasteiger partial charge in [0.2, 0.25) is 0 Å². The molecule has 1 atom stereocenters. The van der Waals surface area contributed by atoms with Crippen molar-refractivity contribution in [3.05, 3.63) is 74.8 Å². The van der Waals surface area contributed by atoms with E-state index in [1.165, 1.54) is 11.8 Å². The van der Waals surface area contributed by atoms with Crippen molar-refractivity contribution >= 4 is 51.3 Å². The van der Waals surface area contributed by atoms with Crippen molar-refractivity contribution in [1.29, 1.82) is 0 Å². The number of aliphatic hydroxyl groups is 1. The molecule has 0 aliphatic carbocycles. The van der Waals surface area contributed by atoms with Crippen LogP contribution in [-0.4, -0.2) is 40.8 Å². The second-order valence-corrected chi connectivity index (χ2v) is 11.2. The maximum absolute atomic E-state index is 13.5. The van der Waals surface area contributed by atoms with E-state index in [2.05, 4.69) is 18.8 Å². The average Bonchev–Trinajstić information content (AvgIpc) is 3.41. The van der Waals surface area contributed by atoms with Gasteiger partial charge in [0.05, 0.1) is 35.4 Å². The van der Waals surface area contributed by atoms with E-state index in [0.717, 1.165) is 17.8 Å². The quantitative estimate of drug-likeness (QED) is 0.122. The number of Topliss-reactive ketones (excluding diaryl/α,β-unsaturated/α-hetero) is 2. The molecule has 3 aromatic rings. The number of carbonyl (C=O) groups is 3. The first-order valence-corrected chi connectivity index (χ1v) is 14.2. The lowest BCUT2D eigenvalue weighted by Gasteiger charge is -2.24. The molecule has 1 fully saturated rings. The Balaban J connectivity index is 1.90. The third kappa shape index (κ3) is 5.90. The van der Waals surface area contributed by atoms with Gasteiger partial charge in [-0.3, -0.25) is 19.3 Å². The number of benzene rings is 2. The molecule has 1 N–H and O–H groups in total. The normalized spacial score (nSPS) is 16.6. The van der Waals surface area contributed by atoms with Crippen molar-refractivity contribution in [2.45, 2.75) is 47.1 Å². The minimum Gasteiger partial charge on any atom is -0.507 e. The molecular weight excluding hydrogens is 552 g/mol. The van der Waals surface area contributed by atoms with Gasteiger partial charge in [0.15, 0.2) is 22.4 Å². The number of anilines is 1. The SMILES string of the molecule is CCOc1cc(C2/C(=C(\O)c3ccc(Cl)cc3)C(=O)C(=O)N2c2nc(C)c(C(C)=O)s2)ccc1OCCC(C)C. The molecule has 1 aromatic heterocycles. The van der Waals surface area contributed by atoms with Gasteiger partial charge in [0.1, 0.15) is 5.76 Å². The van der Waals surface area contributed by atoms with Crippen molar-refractivity contribution in [2.24, 2.45) is 5.92 Å². The van der Waals surface area contributed by atoms with Crippen LogP contribution in [0.15, 0.2) is 48.0 Å². The van der Waals surface area contributed by atoms with Crippen molar-refractivity contribution in [2.75, 3.05) is 18.1 Å². The molecule has 40 heavy (non-hydrogen) atoms. The number of halogens is 1. The number of hydrogen-bond acceptors (Lipinski definition) is 8. The highest BCUT2D eigenvalue weighted by atomic mass is 35.5. The number of thiazole rings is 1. The third-order valence-corrected chi connectivity index (χ3v) is 7.92. The molecule has 8 nitrogen and oxygen atoms in total. The van der Waals surface area contributed by atoms with Crippen molar-refractivity contribution in [1.82, 2.24) is 4.98 Å². The summed E-state index contributed by atoms with van der Waals surface area (Å²) in [7, 11) is 0. The van der Waals surface area contributed by atoms with Gasteiger partial charge in [-0.25, -0.2) is 4.98 Å². The summed E-state index contributed by atoms with van der Waals surface area (Å²) in [5.41, 5.74) is 1.17. The number of ketones is 2. The Labute approximate surface area is 242 Å². The van der Waals surface area contributed by atoms with Crippen LogP contribution in [0.25, 0.3) is 5.76 Å². The minimum absolute atomic E-state index is 0.111. The molecule has 1 aliphatic heterocycles. The predicted molar refractivity (Wildman–Crippen MR) is 156 cm³/mol. The van der Waals surface area contributed by atoms with E-state index in [4.69, 9.17) is 21.1 Å². The van der Waals surface area contributed by atoms with E-state index >= 15 is 0 Å². The molecule has 1 amide bonds. The molecule has 0 saturated carbocycles. The van der Waals surface area contributed by atoms with Crippen molar-refractivity contribution in [3.8, 4) is 11.5 Å². The third-order valence-electron chi connectivity index (χ3n) is 6.41. The molecule has 4 rings (SSSR count). The van der Waals surface area contributed by atoms with Crippen LogP contribution in [-0.2, 0) is 9.59 Å². The van der Waals surface area contributed by atoms with Crippen LogP contribution in [0.3, 0.4) is 0 Å². The van der Waals surface area contributed by atoms with E-state index in [1.54, 1.807) is 49.4 Å². The molecule has 10 heteroatoms. The molecule has 210 valence electrons. The zero-order chi connectivity index (χ0) is 29.1. The Morgan fingerprint density at radius 3 is 2.42 bits per heavy atom. The molecule has 0 bridgehead atoms. The smallest absolute Gasteiger partial charge is 0.301 e. The van der Waals surface area contributed by atoms with Gasteiger partial charge in [-0.1, -0.05) is 42.9 Å². The van der Waals surface area contributed by atoms with Crippen LogP contribution in [0, 0.1) is 12.8 Å². The van der Waals surface area contributed by atoms with E-state index < -0.39 is 17.7 Å². The fourth-order valence-corrected chi connectivity index (χ4v) is 5.52. The Morgan fingerprint density at radius 1 is 1.12 bits per heavy atom. The van der Waals surface area contributed by atoms with Gasteiger partial charge in [-0.15, -0.1) is 0 Å². The van der Waals surface area contributed by atoms with Crippen LogP contribution < -0.4 is 14.4 Å². The molecule has 1 aliphatic rings. The summed E-state index contributed by atoms with van der Waals surface area (Å²) in [4.78, 5) is 45.2. The summed E-state index contributed by atoms with van der Waals surface area (Å²) < 4.78 is 11.9. The van der Waals surface area contributed by atoms with Crippen molar-refractivity contribution < 1.29 is 29.0 Å². The molecule has 0 spiro atoms. The second-order valence-electron chi connectivity index (χ2n) is 9.81. The minimum atomic E-state index is -1.04. The number of aryl methyl sites for hydroxylation is 1. The summed E-state index contributed by atoms with van der Waals surface area (Å²) in [5, 5.41) is 12.0. The Hall–Kier alpha value is -3.69. The second kappa shape index (κ2) is 12.2. The number of hydrogen-bond donors (Lipinski definition) is 1. The summed E-state index contributed by atoms with van der Waals surface area (Å²) in [5.74, 6) is -0.839. The summed E-state index contributed by atoms with van der Waals surface area (Å²) >= 11 is 7.05. The first-order valence-electron chi connectivity index (χ1n) is 13.0. The lowest BCUT2D eigenvalue weighted by molar-refractivity contribution is -0.132. The topological polar surface area (TPSA) is 106 Å². The van der Waals surface area contributed by atoms with Gasteiger partial charge in [-0.2, -0.15) is 0 Å². The van der Waals surface area contributed by atoms with Crippen LogP contribution in [0.2, 0.25) is 5.02 Å². The van der Waals surface area contributed by atoms with Crippen molar-refractivity contribution in [3.63, 3.8) is 0 Å². The van der Waals surface area contributed by atoms with E-state index in [1.807, 2.05) is 6.92 Å². The lowest BCUT2D eigenvalue weighted by Crippen LogP contribution is -2.29. The summed E-state index contributed by atoms with van der Waals surface area (Å²) in [6.07, 6.45) is 0.858. The van der Waals surface area contributed by atoms with Gasteiger partial charge in [0, 0.05) is 17.5 Å². The number of aromatic nitrogens is 1. The zero-order valence-corrected chi connectivity index (χ0v) is 24.6. The average molecular weight is 583 g/mol. The first kappa shape index (κ1) is 29.3. The highest BCUT2D eigenvalue weighted by molar-refractivity contribution is 7.18. The number of nitrogens with zero attached hydrogens (tertiary/aromatic N) is 2. The van der Waals surface area contributed by atoms with Crippen LogP contribution in [0.5, 0.6) is 11.5 Å². The Bertz CT molecular complexity index is 1480. The zero-order valence-electron chi connectivity index (χ0n) is 23.0. The molecule has 2 aromatic carbocycles. The number of amides is 1. The highest BCUT2D eigenvalue weighted by Gasteiger charge is 2.48. The van der Waals surface area contributed by atoms with E-state index in [9.17, 15) is 19.5 Å². The Morgan fingerprint density at radius 2 is 1.82 bits per heavy atom. The van der Waals surface area contributed by atoms with Crippen LogP contribution in [0.1, 0.15) is 66.7 Å². The van der Waals surface area contributed by atoms with Gasteiger partial charge >= 0.3 is 5.91 Å². The number of rotatable bonds is 10. The number of aliphatic hydroxyl groups excluding tert-OH is 1. The molecule has 1 unspecified atom stereocenters. The highest BCUT2D eigenvalue weighted by Crippen LogP contribution is 2.45. The maximum atomic E-state index is 13.5. The van der Waals surface area contributed by atoms with Gasteiger partial charge < -0.3 is 14.6 Å². The largest absolute Gasteiger partial charge is 0.507 e. The molecule has 2 heterocycles. The molecular formula is C30H31ClN2O6S. The summed E-state index contributed by atoms with van der Waals surface area (Å²) in [6.45, 7) is 10.0. The van der Waals surface area contributed by atoms with E-state index in [-0.39, 0.29) is 22.2 Å². The Kier molecular flexibility index (Phi) is 8.95. The predicted octanol–water partition coefficient (Wildman–Crippen LogP) is 6.76. The summed E-state index contributed by atoms with van der Waals surface area (Å²) in [6, 6.07) is 10.4. The van der Waals surface area contributed by atoms with Crippen LogP contribution in [0.4, 0.5) is 5.13 Å². The standard InChI is InChI=1S/C30H31ClN2O6S/c1-6-38-23-15-20(9-12-22(23)39-14-13-16(2)3)25-24(26(35)19-7-10-21(31)11-8-19)27(36)29(37)33(25)30-32-17(4)28(40-30)18(5)34/h7-12,15-16,25,35H,6,13-14H2,1-5H3/b26-24+. The fourth-order valence-electron chi connectivity index (χ4n) is 4.41. The van der Waals surface area contributed by atoms with Gasteiger partial charge in [0.25, 0.3) is 5.78 Å². The van der Waals surface area contributed by atoms with Crippen LogP contribution >= 0.6 is 22.9 Å². The van der Waals surface area contributed by atoms with Gasteiger partial charge in [-0.05, 0) is 68.1 Å². The molecule has 1 saturated heterocycles. The van der Waals surface area contributed by atoms with E-state index in [0.29, 0.717) is 57.4 Å². The number of ether oxygens (including phenoxy) is 2. The molecule has 0 radical (unpaired) electrons.